The third-order valence-electron chi connectivity index (χ3n) is 2.16. The van der Waals surface area contributed by atoms with Crippen LogP contribution in [0.1, 0.15) is 29.8 Å². The molecule has 0 saturated carbocycles. The second-order valence-electron chi connectivity index (χ2n) is 3.27. The molecule has 88 valence electrons. The summed E-state index contributed by atoms with van der Waals surface area (Å²) in [7, 11) is 0. The largest absolute Gasteiger partial charge is 0.493 e. The Morgan fingerprint density at radius 1 is 1.19 bits per heavy atom. The number of carboxylic acid groups (broad SMARTS) is 1. The molecule has 0 spiro atoms. The highest BCUT2D eigenvalue weighted by atomic mass is 16.5. The third kappa shape index (κ3) is 2.66. The van der Waals surface area contributed by atoms with Crippen molar-refractivity contribution in [3.63, 3.8) is 0 Å². The van der Waals surface area contributed by atoms with Crippen molar-refractivity contribution in [1.29, 1.82) is 0 Å². The maximum Gasteiger partial charge on any atom is 0.335 e. The molecule has 0 atom stereocenters. The lowest BCUT2D eigenvalue weighted by molar-refractivity contribution is 0.0695. The van der Waals surface area contributed by atoms with Crippen molar-refractivity contribution in [2.75, 3.05) is 13.2 Å². The SMILES string of the molecule is CCOc1cc(C(=O)O)cc(OCC)c1C. The highest BCUT2D eigenvalue weighted by molar-refractivity contribution is 5.89. The van der Waals surface area contributed by atoms with Crippen LogP contribution in [0.5, 0.6) is 11.5 Å². The zero-order chi connectivity index (χ0) is 12.1. The number of rotatable bonds is 5. The van der Waals surface area contributed by atoms with Crippen LogP contribution in [0.15, 0.2) is 12.1 Å². The number of carboxylic acids is 1. The van der Waals surface area contributed by atoms with Crippen LogP contribution in [0.25, 0.3) is 0 Å². The Morgan fingerprint density at radius 2 is 1.62 bits per heavy atom. The minimum absolute atomic E-state index is 0.178. The molecule has 1 aromatic carbocycles. The van der Waals surface area contributed by atoms with Crippen LogP contribution in [0, 0.1) is 6.92 Å². The van der Waals surface area contributed by atoms with Gasteiger partial charge in [-0.05, 0) is 32.9 Å². The van der Waals surface area contributed by atoms with Gasteiger partial charge in [-0.25, -0.2) is 4.79 Å². The van der Waals surface area contributed by atoms with Crippen molar-refractivity contribution in [3.8, 4) is 11.5 Å². The number of ether oxygens (including phenoxy) is 2. The minimum atomic E-state index is -0.984. The number of aromatic carboxylic acids is 1. The molecule has 0 amide bonds. The van der Waals surface area contributed by atoms with Gasteiger partial charge in [-0.2, -0.15) is 0 Å². The molecule has 1 rings (SSSR count). The van der Waals surface area contributed by atoms with Crippen LogP contribution in [0.3, 0.4) is 0 Å². The average Bonchev–Trinajstić information content (AvgIpc) is 2.24. The maximum atomic E-state index is 10.9. The van der Waals surface area contributed by atoms with Gasteiger partial charge in [0.25, 0.3) is 0 Å². The van der Waals surface area contributed by atoms with E-state index >= 15 is 0 Å². The Balaban J connectivity index is 3.21. The van der Waals surface area contributed by atoms with Crippen LogP contribution in [0.4, 0.5) is 0 Å². The van der Waals surface area contributed by atoms with Crippen LogP contribution in [-0.2, 0) is 0 Å². The molecular weight excluding hydrogens is 208 g/mol. The van der Waals surface area contributed by atoms with Crippen molar-refractivity contribution in [2.45, 2.75) is 20.8 Å². The summed E-state index contributed by atoms with van der Waals surface area (Å²) in [5.41, 5.74) is 1.01. The quantitative estimate of drug-likeness (QED) is 0.834. The van der Waals surface area contributed by atoms with Crippen LogP contribution in [-0.4, -0.2) is 24.3 Å². The summed E-state index contributed by atoms with van der Waals surface area (Å²) in [6, 6.07) is 3.04. The van der Waals surface area contributed by atoms with E-state index in [-0.39, 0.29) is 5.56 Å². The molecule has 0 heterocycles. The van der Waals surface area contributed by atoms with Gasteiger partial charge in [-0.1, -0.05) is 0 Å². The van der Waals surface area contributed by atoms with E-state index in [1.165, 1.54) is 12.1 Å². The van der Waals surface area contributed by atoms with Crippen molar-refractivity contribution < 1.29 is 19.4 Å². The fourth-order valence-electron chi connectivity index (χ4n) is 1.40. The predicted octanol–water partition coefficient (Wildman–Crippen LogP) is 2.49. The van der Waals surface area contributed by atoms with E-state index in [2.05, 4.69) is 0 Å². The monoisotopic (exact) mass is 224 g/mol. The molecule has 0 aromatic heterocycles. The number of carbonyl (C=O) groups is 1. The van der Waals surface area contributed by atoms with Gasteiger partial charge < -0.3 is 14.6 Å². The van der Waals surface area contributed by atoms with Crippen LogP contribution >= 0.6 is 0 Å². The maximum absolute atomic E-state index is 10.9. The van der Waals surface area contributed by atoms with E-state index in [1.54, 1.807) is 0 Å². The average molecular weight is 224 g/mol. The highest BCUT2D eigenvalue weighted by Gasteiger charge is 2.13. The Bertz CT molecular complexity index is 358. The van der Waals surface area contributed by atoms with Gasteiger partial charge in [0, 0.05) is 5.56 Å². The normalized spacial score (nSPS) is 9.94. The van der Waals surface area contributed by atoms with E-state index < -0.39 is 5.97 Å². The molecule has 4 heteroatoms. The smallest absolute Gasteiger partial charge is 0.335 e. The zero-order valence-corrected chi connectivity index (χ0v) is 9.74. The molecule has 0 bridgehead atoms. The first kappa shape index (κ1) is 12.4. The second kappa shape index (κ2) is 5.39. The van der Waals surface area contributed by atoms with Crippen molar-refractivity contribution in [1.82, 2.24) is 0 Å². The van der Waals surface area contributed by atoms with Gasteiger partial charge >= 0.3 is 5.97 Å². The highest BCUT2D eigenvalue weighted by Crippen LogP contribution is 2.30. The first-order valence-electron chi connectivity index (χ1n) is 5.23. The molecule has 1 N–H and O–H groups in total. The third-order valence-corrected chi connectivity index (χ3v) is 2.16. The molecule has 0 aliphatic carbocycles. The van der Waals surface area contributed by atoms with Gasteiger partial charge in [0.1, 0.15) is 11.5 Å². The second-order valence-corrected chi connectivity index (χ2v) is 3.27. The fraction of sp³-hybridized carbons (Fsp3) is 0.417. The summed E-state index contributed by atoms with van der Waals surface area (Å²) >= 11 is 0. The predicted molar refractivity (Wildman–Crippen MR) is 60.5 cm³/mol. The summed E-state index contributed by atoms with van der Waals surface area (Å²) in [6.45, 7) is 6.55. The van der Waals surface area contributed by atoms with E-state index in [0.717, 1.165) is 5.56 Å². The molecule has 1 aromatic rings. The summed E-state index contributed by atoms with van der Waals surface area (Å²) in [4.78, 5) is 10.9. The van der Waals surface area contributed by atoms with E-state index in [9.17, 15) is 4.79 Å². The fourth-order valence-corrected chi connectivity index (χ4v) is 1.40. The van der Waals surface area contributed by atoms with Gasteiger partial charge in [-0.15, -0.1) is 0 Å². The lowest BCUT2D eigenvalue weighted by Crippen LogP contribution is -2.03. The summed E-state index contributed by atoms with van der Waals surface area (Å²) in [5, 5.41) is 8.95. The van der Waals surface area contributed by atoms with Gasteiger partial charge in [0.05, 0.1) is 18.8 Å². The lowest BCUT2D eigenvalue weighted by Gasteiger charge is -2.13. The summed E-state index contributed by atoms with van der Waals surface area (Å²) < 4.78 is 10.7. The molecule has 0 saturated heterocycles. The van der Waals surface area contributed by atoms with Gasteiger partial charge in [0.2, 0.25) is 0 Å². The van der Waals surface area contributed by atoms with Gasteiger partial charge in [-0.3, -0.25) is 0 Å². The molecule has 4 nitrogen and oxygen atoms in total. The van der Waals surface area contributed by atoms with Crippen molar-refractivity contribution >= 4 is 5.97 Å². The topological polar surface area (TPSA) is 55.8 Å². The van der Waals surface area contributed by atoms with Crippen LogP contribution < -0.4 is 9.47 Å². The zero-order valence-electron chi connectivity index (χ0n) is 9.74. The van der Waals surface area contributed by atoms with E-state index in [1.807, 2.05) is 20.8 Å². The standard InChI is InChI=1S/C12H16O4/c1-4-15-10-6-9(12(13)14)7-11(8(10)3)16-5-2/h6-7H,4-5H2,1-3H3,(H,13,14). The van der Waals surface area contributed by atoms with Crippen LogP contribution in [0.2, 0.25) is 0 Å². The molecule has 16 heavy (non-hydrogen) atoms. The number of benzene rings is 1. The number of hydrogen-bond acceptors (Lipinski definition) is 3. The molecule has 0 aliphatic heterocycles. The Kier molecular flexibility index (Phi) is 4.17. The Labute approximate surface area is 94.8 Å². The molecule has 0 radical (unpaired) electrons. The summed E-state index contributed by atoms with van der Waals surface area (Å²) in [5.74, 6) is 0.138. The lowest BCUT2D eigenvalue weighted by atomic mass is 10.1. The first-order chi connectivity index (χ1) is 7.60. The minimum Gasteiger partial charge on any atom is -0.493 e. The van der Waals surface area contributed by atoms with Gasteiger partial charge in [0.15, 0.2) is 0 Å². The molecule has 0 unspecified atom stereocenters. The Morgan fingerprint density at radius 3 is 1.94 bits per heavy atom. The van der Waals surface area contributed by atoms with E-state index in [4.69, 9.17) is 14.6 Å². The van der Waals surface area contributed by atoms with E-state index in [0.29, 0.717) is 24.7 Å². The molecule has 0 fully saturated rings. The summed E-state index contributed by atoms with van der Waals surface area (Å²) in [6.07, 6.45) is 0. The van der Waals surface area contributed by atoms with Crippen molar-refractivity contribution in [2.24, 2.45) is 0 Å². The Hall–Kier alpha value is -1.71. The first-order valence-corrected chi connectivity index (χ1v) is 5.23. The van der Waals surface area contributed by atoms with Crippen molar-refractivity contribution in [3.05, 3.63) is 23.3 Å². The molecule has 0 aliphatic rings. The number of hydrogen-bond donors (Lipinski definition) is 1. The molecular formula is C12H16O4.